The first-order valence-electron chi connectivity index (χ1n) is 6.64. The Hall–Kier alpha value is -2.54. The Labute approximate surface area is 122 Å². The number of aromatic nitrogens is 5. The van der Waals surface area contributed by atoms with Crippen molar-refractivity contribution in [2.24, 2.45) is 0 Å². The maximum atomic E-state index is 4.98. The summed E-state index contributed by atoms with van der Waals surface area (Å²) in [5.74, 6) is 1.94. The van der Waals surface area contributed by atoms with Crippen LogP contribution in [0.15, 0.2) is 41.3 Å². The first-order chi connectivity index (χ1) is 10.2. The standard InChI is InChI=1S/C14H16N6O/c1-11-17-13(18-21-11)10-19(2)9-12-5-3-8-20(12)14-15-6-4-7-16-14/h3-8H,9-10H2,1-2H3. The van der Waals surface area contributed by atoms with Gasteiger partial charge in [-0.3, -0.25) is 9.47 Å². The minimum atomic E-state index is 0.583. The predicted molar refractivity (Wildman–Crippen MR) is 75.6 cm³/mol. The normalized spacial score (nSPS) is 11.2. The summed E-state index contributed by atoms with van der Waals surface area (Å²) >= 11 is 0. The highest BCUT2D eigenvalue weighted by atomic mass is 16.5. The molecule has 0 aliphatic carbocycles. The van der Waals surface area contributed by atoms with E-state index in [9.17, 15) is 0 Å². The highest BCUT2D eigenvalue weighted by Gasteiger charge is 2.10. The third-order valence-electron chi connectivity index (χ3n) is 3.01. The first-order valence-corrected chi connectivity index (χ1v) is 6.64. The molecule has 0 aliphatic rings. The van der Waals surface area contributed by atoms with E-state index < -0.39 is 0 Å². The highest BCUT2D eigenvalue weighted by molar-refractivity contribution is 5.20. The van der Waals surface area contributed by atoms with E-state index >= 15 is 0 Å². The lowest BCUT2D eigenvalue weighted by molar-refractivity contribution is 0.295. The molecule has 7 heteroatoms. The van der Waals surface area contributed by atoms with E-state index in [1.54, 1.807) is 25.4 Å². The van der Waals surface area contributed by atoms with Gasteiger partial charge >= 0.3 is 0 Å². The molecular weight excluding hydrogens is 268 g/mol. The monoisotopic (exact) mass is 284 g/mol. The molecule has 0 unspecified atom stereocenters. The van der Waals surface area contributed by atoms with Gasteiger partial charge < -0.3 is 4.52 Å². The Morgan fingerprint density at radius 2 is 2.00 bits per heavy atom. The maximum absolute atomic E-state index is 4.98. The van der Waals surface area contributed by atoms with Gasteiger partial charge in [-0.25, -0.2) is 9.97 Å². The summed E-state index contributed by atoms with van der Waals surface area (Å²) in [6.45, 7) is 3.14. The van der Waals surface area contributed by atoms with Crippen molar-refractivity contribution in [3.05, 3.63) is 54.2 Å². The minimum absolute atomic E-state index is 0.583. The van der Waals surface area contributed by atoms with E-state index in [4.69, 9.17) is 4.52 Å². The molecule has 0 saturated carbocycles. The van der Waals surface area contributed by atoms with Gasteiger partial charge in [0.2, 0.25) is 11.8 Å². The van der Waals surface area contributed by atoms with E-state index in [1.807, 2.05) is 29.9 Å². The quantitative estimate of drug-likeness (QED) is 0.708. The molecular formula is C14H16N6O. The molecule has 3 rings (SSSR count). The third kappa shape index (κ3) is 3.14. The van der Waals surface area contributed by atoms with Crippen LogP contribution in [0.25, 0.3) is 5.95 Å². The zero-order valence-corrected chi connectivity index (χ0v) is 12.0. The Morgan fingerprint density at radius 1 is 1.19 bits per heavy atom. The Morgan fingerprint density at radius 3 is 2.71 bits per heavy atom. The molecule has 3 aromatic heterocycles. The summed E-state index contributed by atoms with van der Waals surface area (Å²) in [5.41, 5.74) is 1.10. The molecule has 0 saturated heterocycles. The fraction of sp³-hybridized carbons (Fsp3) is 0.286. The minimum Gasteiger partial charge on any atom is -0.340 e. The van der Waals surface area contributed by atoms with E-state index in [0.29, 0.717) is 24.2 Å². The lowest BCUT2D eigenvalue weighted by atomic mass is 10.4. The summed E-state index contributed by atoms with van der Waals surface area (Å²) in [4.78, 5) is 14.9. The lowest BCUT2D eigenvalue weighted by Crippen LogP contribution is -2.20. The summed E-state index contributed by atoms with van der Waals surface area (Å²) < 4.78 is 6.95. The SMILES string of the molecule is Cc1nc(CN(C)Cc2cccn2-c2ncccn2)no1. The van der Waals surface area contributed by atoms with Crippen LogP contribution in [0.1, 0.15) is 17.4 Å². The summed E-state index contributed by atoms with van der Waals surface area (Å²) in [6, 6.07) is 5.84. The molecule has 0 spiro atoms. The number of hydrogen-bond acceptors (Lipinski definition) is 6. The van der Waals surface area contributed by atoms with Gasteiger partial charge in [-0.1, -0.05) is 5.16 Å². The van der Waals surface area contributed by atoms with Crippen molar-refractivity contribution in [3.63, 3.8) is 0 Å². The van der Waals surface area contributed by atoms with Crippen molar-refractivity contribution >= 4 is 0 Å². The molecule has 0 aromatic carbocycles. The first kappa shape index (κ1) is 13.4. The largest absolute Gasteiger partial charge is 0.340 e. The second-order valence-corrected chi connectivity index (χ2v) is 4.82. The summed E-state index contributed by atoms with van der Waals surface area (Å²) in [5, 5.41) is 3.91. The predicted octanol–water partition coefficient (Wildman–Crippen LogP) is 1.59. The summed E-state index contributed by atoms with van der Waals surface area (Å²) in [7, 11) is 2.01. The van der Waals surface area contributed by atoms with Crippen LogP contribution in [0.5, 0.6) is 0 Å². The van der Waals surface area contributed by atoms with E-state index in [0.717, 1.165) is 12.2 Å². The van der Waals surface area contributed by atoms with E-state index in [-0.39, 0.29) is 0 Å². The molecule has 7 nitrogen and oxygen atoms in total. The molecule has 0 atom stereocenters. The number of hydrogen-bond donors (Lipinski definition) is 0. The van der Waals surface area contributed by atoms with Gasteiger partial charge in [-0.2, -0.15) is 4.98 Å². The molecule has 0 bridgehead atoms. The van der Waals surface area contributed by atoms with Crippen LogP contribution < -0.4 is 0 Å². The molecule has 0 aliphatic heterocycles. The Kier molecular flexibility index (Phi) is 3.74. The maximum Gasteiger partial charge on any atom is 0.233 e. The Balaban J connectivity index is 1.72. The number of aryl methyl sites for hydroxylation is 1. The highest BCUT2D eigenvalue weighted by Crippen LogP contribution is 2.11. The number of nitrogens with zero attached hydrogens (tertiary/aromatic N) is 6. The summed E-state index contributed by atoms with van der Waals surface area (Å²) in [6.07, 6.45) is 5.42. The molecule has 21 heavy (non-hydrogen) atoms. The molecule has 0 N–H and O–H groups in total. The van der Waals surface area contributed by atoms with Crippen molar-refractivity contribution in [1.29, 1.82) is 0 Å². The van der Waals surface area contributed by atoms with Gasteiger partial charge in [0.15, 0.2) is 5.82 Å². The van der Waals surface area contributed by atoms with Crippen molar-refractivity contribution in [1.82, 2.24) is 29.6 Å². The second kappa shape index (κ2) is 5.84. The number of rotatable bonds is 5. The van der Waals surface area contributed by atoms with Crippen LogP contribution in [0.4, 0.5) is 0 Å². The van der Waals surface area contributed by atoms with E-state index in [1.165, 1.54) is 0 Å². The van der Waals surface area contributed by atoms with Crippen LogP contribution in [-0.4, -0.2) is 36.6 Å². The van der Waals surface area contributed by atoms with Gasteiger partial charge in [0, 0.05) is 37.8 Å². The van der Waals surface area contributed by atoms with Gasteiger partial charge in [0.25, 0.3) is 0 Å². The van der Waals surface area contributed by atoms with Crippen LogP contribution in [0.2, 0.25) is 0 Å². The van der Waals surface area contributed by atoms with Crippen molar-refractivity contribution in [3.8, 4) is 5.95 Å². The fourth-order valence-electron chi connectivity index (χ4n) is 2.14. The van der Waals surface area contributed by atoms with E-state index in [2.05, 4.69) is 25.0 Å². The average Bonchev–Trinajstić information content (AvgIpc) is 3.09. The fourth-order valence-corrected chi connectivity index (χ4v) is 2.14. The zero-order chi connectivity index (χ0) is 14.7. The topological polar surface area (TPSA) is 72.9 Å². The second-order valence-electron chi connectivity index (χ2n) is 4.82. The van der Waals surface area contributed by atoms with Crippen molar-refractivity contribution in [2.75, 3.05) is 7.05 Å². The molecule has 0 radical (unpaired) electrons. The molecule has 0 amide bonds. The molecule has 3 aromatic rings. The van der Waals surface area contributed by atoms with Crippen LogP contribution in [0, 0.1) is 6.92 Å². The van der Waals surface area contributed by atoms with Gasteiger partial charge in [0.05, 0.1) is 6.54 Å². The smallest absolute Gasteiger partial charge is 0.233 e. The zero-order valence-electron chi connectivity index (χ0n) is 12.0. The van der Waals surface area contributed by atoms with Crippen molar-refractivity contribution < 1.29 is 4.52 Å². The van der Waals surface area contributed by atoms with Crippen LogP contribution >= 0.6 is 0 Å². The van der Waals surface area contributed by atoms with Gasteiger partial charge in [-0.05, 0) is 25.2 Å². The van der Waals surface area contributed by atoms with Crippen LogP contribution in [-0.2, 0) is 13.1 Å². The average molecular weight is 284 g/mol. The lowest BCUT2D eigenvalue weighted by Gasteiger charge is -2.15. The molecule has 0 fully saturated rings. The molecule has 3 heterocycles. The Bertz CT molecular complexity index is 705. The molecule has 108 valence electrons. The van der Waals surface area contributed by atoms with Gasteiger partial charge in [-0.15, -0.1) is 0 Å². The van der Waals surface area contributed by atoms with Crippen LogP contribution in [0.3, 0.4) is 0 Å². The van der Waals surface area contributed by atoms with Gasteiger partial charge in [0.1, 0.15) is 0 Å². The van der Waals surface area contributed by atoms with Crippen molar-refractivity contribution in [2.45, 2.75) is 20.0 Å². The third-order valence-corrected chi connectivity index (χ3v) is 3.01.